The van der Waals surface area contributed by atoms with Crippen LogP contribution in [0.4, 0.5) is 0 Å². The van der Waals surface area contributed by atoms with Crippen molar-refractivity contribution in [3.05, 3.63) is 30.3 Å². The van der Waals surface area contributed by atoms with Crippen LogP contribution in [0.1, 0.15) is 6.92 Å². The Labute approximate surface area is 92.8 Å². The molecule has 1 aromatic carbocycles. The summed E-state index contributed by atoms with van der Waals surface area (Å²) in [4.78, 5) is 12.1. The molecule has 0 aromatic heterocycles. The summed E-state index contributed by atoms with van der Waals surface area (Å²) in [5.74, 6) is -0.374. The highest BCUT2D eigenvalue weighted by molar-refractivity contribution is 8.00. The molecule has 2 N–H and O–H groups in total. The molecule has 0 aliphatic carbocycles. The first-order valence-corrected chi connectivity index (χ1v) is 5.58. The molecule has 2 unspecified atom stereocenters. The van der Waals surface area contributed by atoms with Gasteiger partial charge in [-0.3, -0.25) is 4.79 Å². The van der Waals surface area contributed by atoms with Crippen LogP contribution in [0, 0.1) is 0 Å². The standard InChI is InChI=1S/C10H12ClNOS/c1-7(11)9(10(12)13)14-8-5-3-2-4-6-8/h2-7,9H,1H3,(H2,12,13). The summed E-state index contributed by atoms with van der Waals surface area (Å²) in [6.07, 6.45) is 0. The van der Waals surface area contributed by atoms with E-state index in [9.17, 15) is 4.79 Å². The summed E-state index contributed by atoms with van der Waals surface area (Å²) in [5, 5.41) is -0.642. The van der Waals surface area contributed by atoms with Gasteiger partial charge in [-0.05, 0) is 19.1 Å². The molecule has 0 bridgehead atoms. The number of primary amides is 1. The van der Waals surface area contributed by atoms with Gasteiger partial charge in [-0.25, -0.2) is 0 Å². The summed E-state index contributed by atoms with van der Waals surface area (Å²) in [7, 11) is 0. The van der Waals surface area contributed by atoms with Crippen LogP contribution >= 0.6 is 23.4 Å². The van der Waals surface area contributed by atoms with Gasteiger partial charge in [-0.15, -0.1) is 23.4 Å². The molecule has 2 atom stereocenters. The third-order valence-corrected chi connectivity index (χ3v) is 3.54. The molecule has 0 aliphatic rings. The number of hydrogen-bond donors (Lipinski definition) is 1. The van der Waals surface area contributed by atoms with Gasteiger partial charge in [-0.1, -0.05) is 18.2 Å². The quantitative estimate of drug-likeness (QED) is 0.636. The predicted octanol–water partition coefficient (Wildman–Crippen LogP) is 2.26. The lowest BCUT2D eigenvalue weighted by atomic mass is 10.3. The molecular formula is C10H12ClNOS. The molecule has 1 rings (SSSR count). The van der Waals surface area contributed by atoms with Crippen LogP contribution in [0.25, 0.3) is 0 Å². The van der Waals surface area contributed by atoms with Crippen molar-refractivity contribution in [2.75, 3.05) is 0 Å². The molecule has 14 heavy (non-hydrogen) atoms. The summed E-state index contributed by atoms with van der Waals surface area (Å²) in [5.41, 5.74) is 5.24. The van der Waals surface area contributed by atoms with E-state index in [4.69, 9.17) is 17.3 Å². The fourth-order valence-electron chi connectivity index (χ4n) is 1.02. The topological polar surface area (TPSA) is 43.1 Å². The van der Waals surface area contributed by atoms with Crippen molar-refractivity contribution >= 4 is 29.3 Å². The van der Waals surface area contributed by atoms with Crippen LogP contribution in [-0.2, 0) is 4.79 Å². The van der Waals surface area contributed by atoms with Gasteiger partial charge in [0.05, 0.1) is 5.38 Å². The smallest absolute Gasteiger partial charge is 0.232 e. The minimum Gasteiger partial charge on any atom is -0.369 e. The van der Waals surface area contributed by atoms with E-state index in [0.717, 1.165) is 4.90 Å². The van der Waals surface area contributed by atoms with E-state index in [2.05, 4.69) is 0 Å². The third kappa shape index (κ3) is 3.24. The fraction of sp³-hybridized carbons (Fsp3) is 0.300. The monoisotopic (exact) mass is 229 g/mol. The third-order valence-electron chi connectivity index (χ3n) is 1.70. The van der Waals surface area contributed by atoms with Crippen molar-refractivity contribution < 1.29 is 4.79 Å². The van der Waals surface area contributed by atoms with Crippen molar-refractivity contribution in [3.63, 3.8) is 0 Å². The van der Waals surface area contributed by atoms with Crippen molar-refractivity contribution in [1.82, 2.24) is 0 Å². The van der Waals surface area contributed by atoms with Gasteiger partial charge in [0.25, 0.3) is 0 Å². The van der Waals surface area contributed by atoms with E-state index >= 15 is 0 Å². The Kier molecular flexibility index (Phi) is 4.29. The van der Waals surface area contributed by atoms with E-state index in [1.165, 1.54) is 11.8 Å². The average molecular weight is 230 g/mol. The van der Waals surface area contributed by atoms with Crippen LogP contribution in [0.5, 0.6) is 0 Å². The Hall–Kier alpha value is -0.670. The molecule has 4 heteroatoms. The number of carbonyl (C=O) groups excluding carboxylic acids is 1. The number of thioether (sulfide) groups is 1. The van der Waals surface area contributed by atoms with Crippen molar-refractivity contribution in [1.29, 1.82) is 0 Å². The van der Waals surface area contributed by atoms with Crippen LogP contribution in [0.15, 0.2) is 35.2 Å². The Balaban J connectivity index is 2.70. The van der Waals surface area contributed by atoms with E-state index in [0.29, 0.717) is 0 Å². The molecule has 0 saturated heterocycles. The molecule has 76 valence electrons. The van der Waals surface area contributed by atoms with Crippen molar-refractivity contribution in [3.8, 4) is 0 Å². The number of rotatable bonds is 4. The molecule has 2 nitrogen and oxygen atoms in total. The number of amides is 1. The molecule has 0 fully saturated rings. The molecule has 0 heterocycles. The summed E-state index contributed by atoms with van der Waals surface area (Å²) in [6, 6.07) is 9.62. The SMILES string of the molecule is CC(Cl)C(Sc1ccccc1)C(N)=O. The van der Waals surface area contributed by atoms with Gasteiger partial charge in [0.2, 0.25) is 5.91 Å². The fourth-order valence-corrected chi connectivity index (χ4v) is 2.21. The summed E-state index contributed by atoms with van der Waals surface area (Å²) < 4.78 is 0. The number of benzene rings is 1. The second-order valence-corrected chi connectivity index (χ2v) is 4.83. The van der Waals surface area contributed by atoms with Gasteiger partial charge in [-0.2, -0.15) is 0 Å². The van der Waals surface area contributed by atoms with E-state index < -0.39 is 0 Å². The lowest BCUT2D eigenvalue weighted by molar-refractivity contribution is -0.117. The Morgan fingerprint density at radius 3 is 2.43 bits per heavy atom. The number of alkyl halides is 1. The lowest BCUT2D eigenvalue weighted by Crippen LogP contribution is -2.31. The molecular weight excluding hydrogens is 218 g/mol. The van der Waals surface area contributed by atoms with Crippen LogP contribution in [0.2, 0.25) is 0 Å². The minimum absolute atomic E-state index is 0.266. The number of hydrogen-bond acceptors (Lipinski definition) is 2. The summed E-state index contributed by atoms with van der Waals surface area (Å²) in [6.45, 7) is 1.77. The molecule has 0 radical (unpaired) electrons. The Morgan fingerprint density at radius 2 is 2.00 bits per heavy atom. The second-order valence-electron chi connectivity index (χ2n) is 2.93. The number of nitrogens with two attached hydrogens (primary N) is 1. The Morgan fingerprint density at radius 1 is 1.43 bits per heavy atom. The van der Waals surface area contributed by atoms with E-state index in [-0.39, 0.29) is 16.5 Å². The summed E-state index contributed by atoms with van der Waals surface area (Å²) >= 11 is 7.27. The maximum absolute atomic E-state index is 11.1. The van der Waals surface area contributed by atoms with E-state index in [1.54, 1.807) is 6.92 Å². The first-order valence-electron chi connectivity index (χ1n) is 4.26. The van der Waals surface area contributed by atoms with Gasteiger partial charge in [0.15, 0.2) is 0 Å². The first-order chi connectivity index (χ1) is 6.61. The maximum Gasteiger partial charge on any atom is 0.232 e. The molecule has 0 saturated carbocycles. The second kappa shape index (κ2) is 5.27. The predicted molar refractivity (Wildman–Crippen MR) is 60.6 cm³/mol. The highest BCUT2D eigenvalue weighted by Gasteiger charge is 2.22. The van der Waals surface area contributed by atoms with Crippen LogP contribution in [-0.4, -0.2) is 16.5 Å². The molecule has 0 aliphatic heterocycles. The zero-order valence-corrected chi connectivity index (χ0v) is 9.39. The van der Waals surface area contributed by atoms with Crippen LogP contribution in [0.3, 0.4) is 0 Å². The normalized spacial score (nSPS) is 14.7. The highest BCUT2D eigenvalue weighted by Crippen LogP contribution is 2.26. The van der Waals surface area contributed by atoms with Gasteiger partial charge in [0.1, 0.15) is 5.25 Å². The van der Waals surface area contributed by atoms with Crippen LogP contribution < -0.4 is 5.73 Å². The number of halogens is 1. The molecule has 1 amide bonds. The van der Waals surface area contributed by atoms with Crippen molar-refractivity contribution in [2.45, 2.75) is 22.4 Å². The van der Waals surface area contributed by atoms with Gasteiger partial charge < -0.3 is 5.73 Å². The van der Waals surface area contributed by atoms with Crippen molar-refractivity contribution in [2.24, 2.45) is 5.73 Å². The molecule has 0 spiro atoms. The average Bonchev–Trinajstić information content (AvgIpc) is 2.15. The molecule has 1 aromatic rings. The Bertz CT molecular complexity index is 302. The van der Waals surface area contributed by atoms with Gasteiger partial charge >= 0.3 is 0 Å². The minimum atomic E-state index is -0.376. The maximum atomic E-state index is 11.1. The highest BCUT2D eigenvalue weighted by atomic mass is 35.5. The van der Waals surface area contributed by atoms with Gasteiger partial charge in [0, 0.05) is 4.90 Å². The largest absolute Gasteiger partial charge is 0.369 e. The lowest BCUT2D eigenvalue weighted by Gasteiger charge is -2.14. The zero-order valence-electron chi connectivity index (χ0n) is 7.81. The zero-order chi connectivity index (χ0) is 10.6. The van der Waals surface area contributed by atoms with E-state index in [1.807, 2.05) is 30.3 Å². The number of carbonyl (C=O) groups is 1. The first kappa shape index (κ1) is 11.4.